The lowest BCUT2D eigenvalue weighted by atomic mass is 10.1. The molecule has 0 saturated carbocycles. The third-order valence-electron chi connectivity index (χ3n) is 2.72. The van der Waals surface area contributed by atoms with Crippen molar-refractivity contribution >= 4 is 17.2 Å². The number of nitriles is 1. The third-order valence-corrected chi connectivity index (χ3v) is 3.73. The standard InChI is InChI=1S/C13H14N4S/c1-9-3-4-15-12(11(9)7-14)17-8-10(2)13-16-5-6-18-13/h3-6,10H,8H2,1-2H3,(H,15,17). The molecule has 0 saturated heterocycles. The van der Waals surface area contributed by atoms with Crippen LogP contribution in [0, 0.1) is 18.3 Å². The molecule has 5 heteroatoms. The summed E-state index contributed by atoms with van der Waals surface area (Å²) in [5, 5.41) is 15.4. The predicted octanol–water partition coefficient (Wildman–Crippen LogP) is 2.93. The first-order chi connectivity index (χ1) is 8.72. The van der Waals surface area contributed by atoms with E-state index in [1.54, 1.807) is 17.5 Å². The first-order valence-corrected chi connectivity index (χ1v) is 6.59. The van der Waals surface area contributed by atoms with Crippen LogP contribution in [0.25, 0.3) is 0 Å². The molecule has 0 aliphatic rings. The van der Waals surface area contributed by atoms with E-state index in [9.17, 15) is 0 Å². The summed E-state index contributed by atoms with van der Waals surface area (Å²) in [7, 11) is 0. The molecular weight excluding hydrogens is 244 g/mol. The van der Waals surface area contributed by atoms with Crippen LogP contribution in [-0.4, -0.2) is 16.5 Å². The number of hydrogen-bond acceptors (Lipinski definition) is 5. The number of anilines is 1. The summed E-state index contributed by atoms with van der Waals surface area (Å²) in [5.41, 5.74) is 1.56. The van der Waals surface area contributed by atoms with Crippen LogP contribution < -0.4 is 5.32 Å². The molecule has 0 spiro atoms. The van der Waals surface area contributed by atoms with E-state index in [-0.39, 0.29) is 0 Å². The van der Waals surface area contributed by atoms with Crippen molar-refractivity contribution < 1.29 is 0 Å². The maximum atomic E-state index is 9.11. The van der Waals surface area contributed by atoms with E-state index >= 15 is 0 Å². The lowest BCUT2D eigenvalue weighted by Gasteiger charge is -2.12. The highest BCUT2D eigenvalue weighted by Gasteiger charge is 2.10. The molecule has 1 N–H and O–H groups in total. The Balaban J connectivity index is 2.07. The van der Waals surface area contributed by atoms with Gasteiger partial charge in [-0.15, -0.1) is 11.3 Å². The van der Waals surface area contributed by atoms with E-state index in [1.807, 2.05) is 24.6 Å². The van der Waals surface area contributed by atoms with Gasteiger partial charge in [-0.3, -0.25) is 0 Å². The van der Waals surface area contributed by atoms with E-state index in [4.69, 9.17) is 5.26 Å². The summed E-state index contributed by atoms with van der Waals surface area (Å²) < 4.78 is 0. The summed E-state index contributed by atoms with van der Waals surface area (Å²) in [4.78, 5) is 8.49. The smallest absolute Gasteiger partial charge is 0.144 e. The van der Waals surface area contributed by atoms with Gasteiger partial charge in [-0.25, -0.2) is 9.97 Å². The number of nitrogens with one attached hydrogen (secondary N) is 1. The molecule has 0 fully saturated rings. The fraction of sp³-hybridized carbons (Fsp3) is 0.308. The van der Waals surface area contributed by atoms with Crippen LogP contribution in [0.4, 0.5) is 5.82 Å². The van der Waals surface area contributed by atoms with E-state index < -0.39 is 0 Å². The number of rotatable bonds is 4. The van der Waals surface area contributed by atoms with Gasteiger partial charge in [0, 0.05) is 30.2 Å². The summed E-state index contributed by atoms with van der Waals surface area (Å²) in [6.07, 6.45) is 3.52. The number of hydrogen-bond donors (Lipinski definition) is 1. The molecule has 1 unspecified atom stereocenters. The molecule has 0 aliphatic heterocycles. The number of nitrogens with zero attached hydrogens (tertiary/aromatic N) is 3. The largest absolute Gasteiger partial charge is 0.368 e. The van der Waals surface area contributed by atoms with Crippen LogP contribution in [-0.2, 0) is 0 Å². The summed E-state index contributed by atoms with van der Waals surface area (Å²) in [6, 6.07) is 4.03. The summed E-state index contributed by atoms with van der Waals surface area (Å²) in [5.74, 6) is 0.958. The molecule has 0 aromatic carbocycles. The maximum absolute atomic E-state index is 9.11. The Kier molecular flexibility index (Phi) is 3.90. The minimum Gasteiger partial charge on any atom is -0.368 e. The lowest BCUT2D eigenvalue weighted by molar-refractivity contribution is 0.791. The average molecular weight is 258 g/mol. The van der Waals surface area contributed by atoms with Crippen molar-refractivity contribution in [1.29, 1.82) is 5.26 Å². The quantitative estimate of drug-likeness (QED) is 0.916. The summed E-state index contributed by atoms with van der Waals surface area (Å²) in [6.45, 7) is 4.74. The minimum absolute atomic E-state index is 0.304. The highest BCUT2D eigenvalue weighted by atomic mass is 32.1. The molecule has 0 radical (unpaired) electrons. The van der Waals surface area contributed by atoms with Crippen molar-refractivity contribution in [2.24, 2.45) is 0 Å². The summed E-state index contributed by atoms with van der Waals surface area (Å²) >= 11 is 1.64. The van der Waals surface area contributed by atoms with Gasteiger partial charge in [-0.1, -0.05) is 6.92 Å². The van der Waals surface area contributed by atoms with Crippen molar-refractivity contribution in [2.75, 3.05) is 11.9 Å². The highest BCUT2D eigenvalue weighted by molar-refractivity contribution is 7.09. The van der Waals surface area contributed by atoms with Crippen LogP contribution in [0.5, 0.6) is 0 Å². The monoisotopic (exact) mass is 258 g/mol. The fourth-order valence-electron chi connectivity index (χ4n) is 1.65. The zero-order valence-corrected chi connectivity index (χ0v) is 11.2. The zero-order valence-electron chi connectivity index (χ0n) is 10.3. The Labute approximate surface area is 110 Å². The Bertz CT molecular complexity index is 557. The highest BCUT2D eigenvalue weighted by Crippen LogP contribution is 2.20. The molecule has 2 aromatic rings. The molecular formula is C13H14N4S. The van der Waals surface area contributed by atoms with Crippen LogP contribution in [0.15, 0.2) is 23.8 Å². The van der Waals surface area contributed by atoms with Crippen molar-refractivity contribution in [1.82, 2.24) is 9.97 Å². The van der Waals surface area contributed by atoms with Gasteiger partial charge in [-0.2, -0.15) is 5.26 Å². The molecule has 2 rings (SSSR count). The van der Waals surface area contributed by atoms with Gasteiger partial charge in [-0.05, 0) is 18.6 Å². The Morgan fingerprint density at radius 1 is 1.44 bits per heavy atom. The molecule has 2 aromatic heterocycles. The van der Waals surface area contributed by atoms with Crippen LogP contribution in [0.3, 0.4) is 0 Å². The van der Waals surface area contributed by atoms with E-state index in [2.05, 4.69) is 28.3 Å². The van der Waals surface area contributed by atoms with E-state index in [0.717, 1.165) is 17.1 Å². The van der Waals surface area contributed by atoms with Crippen LogP contribution in [0.1, 0.15) is 29.0 Å². The molecule has 1 atom stereocenters. The molecule has 0 aliphatic carbocycles. The van der Waals surface area contributed by atoms with Crippen molar-refractivity contribution in [3.63, 3.8) is 0 Å². The molecule has 0 amide bonds. The zero-order chi connectivity index (χ0) is 13.0. The number of pyridine rings is 1. The minimum atomic E-state index is 0.304. The fourth-order valence-corrected chi connectivity index (χ4v) is 2.35. The normalized spacial score (nSPS) is 11.8. The van der Waals surface area contributed by atoms with Gasteiger partial charge in [0.2, 0.25) is 0 Å². The van der Waals surface area contributed by atoms with Gasteiger partial charge >= 0.3 is 0 Å². The third kappa shape index (κ3) is 2.66. The number of aromatic nitrogens is 2. The van der Waals surface area contributed by atoms with Gasteiger partial charge in [0.15, 0.2) is 0 Å². The average Bonchev–Trinajstić information content (AvgIpc) is 2.90. The van der Waals surface area contributed by atoms with E-state index in [1.165, 1.54) is 0 Å². The predicted molar refractivity (Wildman–Crippen MR) is 72.7 cm³/mol. The first kappa shape index (κ1) is 12.5. The first-order valence-electron chi connectivity index (χ1n) is 5.71. The Hall–Kier alpha value is -1.93. The maximum Gasteiger partial charge on any atom is 0.144 e. The molecule has 92 valence electrons. The number of aryl methyl sites for hydroxylation is 1. The number of thiazole rings is 1. The topological polar surface area (TPSA) is 61.6 Å². The molecule has 2 heterocycles. The Morgan fingerprint density at radius 3 is 2.94 bits per heavy atom. The van der Waals surface area contributed by atoms with Gasteiger partial charge in [0.05, 0.1) is 10.6 Å². The molecule has 4 nitrogen and oxygen atoms in total. The second-order valence-corrected chi connectivity index (χ2v) is 5.04. The lowest BCUT2D eigenvalue weighted by Crippen LogP contribution is -2.12. The van der Waals surface area contributed by atoms with Crippen LogP contribution in [0.2, 0.25) is 0 Å². The molecule has 0 bridgehead atoms. The Morgan fingerprint density at radius 2 is 2.28 bits per heavy atom. The SMILES string of the molecule is Cc1ccnc(NCC(C)c2nccs2)c1C#N. The van der Waals surface area contributed by atoms with Crippen molar-refractivity contribution in [3.8, 4) is 6.07 Å². The van der Waals surface area contributed by atoms with Gasteiger partial charge in [0.25, 0.3) is 0 Å². The van der Waals surface area contributed by atoms with E-state index in [0.29, 0.717) is 17.3 Å². The second kappa shape index (κ2) is 5.61. The van der Waals surface area contributed by atoms with Gasteiger partial charge in [0.1, 0.15) is 11.9 Å². The van der Waals surface area contributed by atoms with Crippen LogP contribution >= 0.6 is 11.3 Å². The van der Waals surface area contributed by atoms with Crippen molar-refractivity contribution in [2.45, 2.75) is 19.8 Å². The van der Waals surface area contributed by atoms with Gasteiger partial charge < -0.3 is 5.32 Å². The van der Waals surface area contributed by atoms with Crippen molar-refractivity contribution in [3.05, 3.63) is 40.0 Å². The second-order valence-electron chi connectivity index (χ2n) is 4.12. The molecule has 18 heavy (non-hydrogen) atoms.